The van der Waals surface area contributed by atoms with Crippen LogP contribution < -0.4 is 0 Å². The lowest BCUT2D eigenvalue weighted by Crippen LogP contribution is -2.31. The Labute approximate surface area is 159 Å². The number of hydrogen-bond donors (Lipinski definition) is 0. The quantitative estimate of drug-likeness (QED) is 0.742. The van der Waals surface area contributed by atoms with Crippen LogP contribution in [0.2, 0.25) is 0 Å². The first kappa shape index (κ1) is 18.8. The van der Waals surface area contributed by atoms with Crippen LogP contribution in [0, 0.1) is 6.92 Å². The van der Waals surface area contributed by atoms with Crippen molar-refractivity contribution in [2.45, 2.75) is 27.0 Å². The van der Waals surface area contributed by atoms with Gasteiger partial charge in [0.1, 0.15) is 6.61 Å². The Bertz CT molecular complexity index is 994. The highest BCUT2D eigenvalue weighted by atomic mass is 32.2. The molecule has 0 saturated heterocycles. The molecule has 0 aliphatic carbocycles. The molecule has 0 aromatic heterocycles. The normalized spacial score (nSPS) is 15.7. The van der Waals surface area contributed by atoms with Gasteiger partial charge in [0.25, 0.3) is 0 Å². The molecule has 0 N–H and O–H groups in total. The third-order valence-corrected chi connectivity index (χ3v) is 5.43. The molecule has 1 aliphatic rings. The van der Waals surface area contributed by atoms with Gasteiger partial charge in [-0.1, -0.05) is 60.2 Å². The van der Waals surface area contributed by atoms with Gasteiger partial charge in [-0.3, -0.25) is 4.31 Å². The summed E-state index contributed by atoms with van der Waals surface area (Å²) < 4.78 is 34.7. The minimum absolute atomic E-state index is 0.0920. The molecule has 0 bridgehead atoms. The number of benzene rings is 2. The molecular formula is C20H20N2O4S. The standard InChI is InChI=1S/C20H20N2O4S/c1-15-8-10-18(11-9-15)14-26-20(23)19-13-22(27(24,25)21-16(19)2)12-17-6-4-3-5-7-17/h3-11,13H,12,14H2,1-2H3. The van der Waals surface area contributed by atoms with Gasteiger partial charge in [-0.2, -0.15) is 8.42 Å². The molecule has 3 rings (SSSR count). The minimum Gasteiger partial charge on any atom is -0.457 e. The van der Waals surface area contributed by atoms with Crippen molar-refractivity contribution in [3.05, 3.63) is 83.1 Å². The van der Waals surface area contributed by atoms with E-state index < -0.39 is 16.2 Å². The predicted octanol–water partition coefficient (Wildman–Crippen LogP) is 3.14. The number of carbonyl (C=O) groups excluding carboxylic acids is 1. The van der Waals surface area contributed by atoms with E-state index in [1.54, 1.807) is 0 Å². The molecular weight excluding hydrogens is 364 g/mol. The van der Waals surface area contributed by atoms with Gasteiger partial charge in [0.15, 0.2) is 0 Å². The molecule has 0 radical (unpaired) electrons. The zero-order valence-electron chi connectivity index (χ0n) is 15.1. The van der Waals surface area contributed by atoms with Crippen molar-refractivity contribution in [2.75, 3.05) is 0 Å². The first-order valence-electron chi connectivity index (χ1n) is 8.42. The summed E-state index contributed by atoms with van der Waals surface area (Å²) in [6.07, 6.45) is 1.29. The van der Waals surface area contributed by atoms with Crippen molar-refractivity contribution in [1.82, 2.24) is 4.31 Å². The molecule has 0 atom stereocenters. The highest BCUT2D eigenvalue weighted by Crippen LogP contribution is 2.20. The summed E-state index contributed by atoms with van der Waals surface area (Å²) in [5, 5.41) is 0. The largest absolute Gasteiger partial charge is 0.457 e. The summed E-state index contributed by atoms with van der Waals surface area (Å²) in [4.78, 5) is 12.5. The van der Waals surface area contributed by atoms with Crippen LogP contribution in [0.1, 0.15) is 23.6 Å². The van der Waals surface area contributed by atoms with Crippen molar-refractivity contribution in [1.29, 1.82) is 0 Å². The Morgan fingerprint density at radius 2 is 1.67 bits per heavy atom. The lowest BCUT2D eigenvalue weighted by molar-refractivity contribution is -0.139. The molecule has 0 saturated carbocycles. The second-order valence-electron chi connectivity index (χ2n) is 6.29. The van der Waals surface area contributed by atoms with Crippen molar-refractivity contribution < 1.29 is 17.9 Å². The molecule has 6 nitrogen and oxygen atoms in total. The Kier molecular flexibility index (Phi) is 5.41. The van der Waals surface area contributed by atoms with Gasteiger partial charge in [-0.05, 0) is 25.0 Å². The molecule has 2 aromatic carbocycles. The lowest BCUT2D eigenvalue weighted by atomic mass is 10.1. The van der Waals surface area contributed by atoms with E-state index in [-0.39, 0.29) is 24.4 Å². The molecule has 0 spiro atoms. The van der Waals surface area contributed by atoms with Gasteiger partial charge < -0.3 is 4.74 Å². The smallest absolute Gasteiger partial charge is 0.344 e. The molecule has 0 fully saturated rings. The van der Waals surface area contributed by atoms with E-state index in [0.29, 0.717) is 0 Å². The van der Waals surface area contributed by atoms with E-state index in [4.69, 9.17) is 4.74 Å². The Morgan fingerprint density at radius 1 is 1.00 bits per heavy atom. The molecule has 0 amide bonds. The SMILES string of the molecule is CC1=NS(=O)(=O)N(Cc2ccccc2)C=C1C(=O)OCc1ccc(C)cc1. The average molecular weight is 384 g/mol. The van der Waals surface area contributed by atoms with Gasteiger partial charge >= 0.3 is 16.2 Å². The van der Waals surface area contributed by atoms with Crippen LogP contribution in [0.5, 0.6) is 0 Å². The summed E-state index contributed by atoms with van der Waals surface area (Å²) in [6.45, 7) is 3.66. The second kappa shape index (κ2) is 7.75. The van der Waals surface area contributed by atoms with Crippen LogP contribution in [-0.2, 0) is 32.9 Å². The van der Waals surface area contributed by atoms with E-state index in [0.717, 1.165) is 21.0 Å². The van der Waals surface area contributed by atoms with Crippen LogP contribution >= 0.6 is 0 Å². The zero-order valence-corrected chi connectivity index (χ0v) is 15.9. The zero-order chi connectivity index (χ0) is 19.4. The number of carbonyl (C=O) groups is 1. The number of rotatable bonds is 5. The number of aryl methyl sites for hydroxylation is 1. The molecule has 2 aromatic rings. The predicted molar refractivity (Wildman–Crippen MR) is 103 cm³/mol. The maximum atomic E-state index is 12.5. The minimum atomic E-state index is -3.87. The van der Waals surface area contributed by atoms with Crippen LogP contribution in [0.25, 0.3) is 0 Å². The van der Waals surface area contributed by atoms with Gasteiger partial charge in [0.2, 0.25) is 0 Å². The number of esters is 1. The van der Waals surface area contributed by atoms with Gasteiger partial charge in [-0.15, -0.1) is 4.40 Å². The second-order valence-corrected chi connectivity index (χ2v) is 7.84. The number of nitrogens with zero attached hydrogens (tertiary/aromatic N) is 2. The van der Waals surface area contributed by atoms with Crippen molar-refractivity contribution >= 4 is 21.9 Å². The lowest BCUT2D eigenvalue weighted by Gasteiger charge is -2.23. The van der Waals surface area contributed by atoms with Crippen molar-refractivity contribution in [3.63, 3.8) is 0 Å². The Hall–Kier alpha value is -2.93. The maximum absolute atomic E-state index is 12.5. The summed E-state index contributed by atoms with van der Waals surface area (Å²) in [5.74, 6) is -0.607. The topological polar surface area (TPSA) is 76.0 Å². The maximum Gasteiger partial charge on any atom is 0.344 e. The fourth-order valence-electron chi connectivity index (χ4n) is 2.58. The fraction of sp³-hybridized carbons (Fsp3) is 0.200. The van der Waals surface area contributed by atoms with E-state index in [1.807, 2.05) is 61.5 Å². The first-order chi connectivity index (χ1) is 12.8. The van der Waals surface area contributed by atoms with Crippen LogP contribution in [0.3, 0.4) is 0 Å². The summed E-state index contributed by atoms with van der Waals surface area (Å²) in [7, 11) is -3.87. The molecule has 7 heteroatoms. The third kappa shape index (κ3) is 4.62. The van der Waals surface area contributed by atoms with Gasteiger partial charge in [0, 0.05) is 6.20 Å². The van der Waals surface area contributed by atoms with Crippen LogP contribution in [0.15, 0.2) is 70.8 Å². The summed E-state index contributed by atoms with van der Waals surface area (Å²) >= 11 is 0. The Morgan fingerprint density at radius 3 is 2.33 bits per heavy atom. The van der Waals surface area contributed by atoms with Gasteiger partial charge in [0.05, 0.1) is 17.8 Å². The Balaban J connectivity index is 1.76. The summed E-state index contributed by atoms with van der Waals surface area (Å²) in [5.41, 5.74) is 3.01. The van der Waals surface area contributed by atoms with E-state index in [9.17, 15) is 13.2 Å². The van der Waals surface area contributed by atoms with E-state index in [2.05, 4.69) is 4.40 Å². The fourth-order valence-corrected chi connectivity index (χ4v) is 3.68. The van der Waals surface area contributed by atoms with E-state index >= 15 is 0 Å². The molecule has 27 heavy (non-hydrogen) atoms. The number of ether oxygens (including phenoxy) is 1. The van der Waals surface area contributed by atoms with E-state index in [1.165, 1.54) is 13.1 Å². The van der Waals surface area contributed by atoms with Crippen molar-refractivity contribution in [2.24, 2.45) is 4.40 Å². The molecule has 1 aliphatic heterocycles. The molecule has 0 unspecified atom stereocenters. The average Bonchev–Trinajstić information content (AvgIpc) is 2.63. The van der Waals surface area contributed by atoms with Crippen LogP contribution in [0.4, 0.5) is 0 Å². The first-order valence-corrected chi connectivity index (χ1v) is 9.82. The third-order valence-electron chi connectivity index (χ3n) is 4.10. The summed E-state index contributed by atoms with van der Waals surface area (Å²) in [6, 6.07) is 16.7. The molecule has 140 valence electrons. The van der Waals surface area contributed by atoms with Crippen molar-refractivity contribution in [3.8, 4) is 0 Å². The monoisotopic (exact) mass is 384 g/mol. The molecule has 1 heterocycles. The number of hydrogen-bond acceptors (Lipinski definition) is 4. The highest BCUT2D eigenvalue weighted by Gasteiger charge is 2.29. The van der Waals surface area contributed by atoms with Crippen LogP contribution in [-0.4, -0.2) is 24.4 Å². The highest BCUT2D eigenvalue weighted by molar-refractivity contribution is 7.88. The van der Waals surface area contributed by atoms with Gasteiger partial charge in [-0.25, -0.2) is 4.79 Å².